The maximum absolute atomic E-state index is 11.6. The zero-order valence-electron chi connectivity index (χ0n) is 14.9. The second-order valence-electron chi connectivity index (χ2n) is 6.05. The van der Waals surface area contributed by atoms with Crippen molar-refractivity contribution < 1.29 is 14.7 Å². The Morgan fingerprint density at radius 1 is 1.25 bits per heavy atom. The van der Waals surface area contributed by atoms with E-state index >= 15 is 0 Å². The molecule has 8 nitrogen and oxygen atoms in total. The van der Waals surface area contributed by atoms with Crippen LogP contribution in [0.25, 0.3) is 11.3 Å². The SMILES string of the molecule is Cn1nc(-c2ccnc(Cl)c2)cc1N[C@H](c1ccccc1)C(C=O)NC(=O)O. The van der Waals surface area contributed by atoms with Crippen molar-refractivity contribution in [1.29, 1.82) is 0 Å². The molecule has 9 heteroatoms. The molecule has 144 valence electrons. The van der Waals surface area contributed by atoms with Crippen LogP contribution in [0.1, 0.15) is 11.6 Å². The molecule has 3 aromatic rings. The van der Waals surface area contributed by atoms with Crippen molar-refractivity contribution in [3.8, 4) is 11.3 Å². The standard InChI is InChI=1S/C19H18ClN5O3/c1-25-17(10-14(24-25)13-7-8-21-16(20)9-13)23-18(12-5-3-2-4-6-12)15(11-26)22-19(27)28/h2-11,15,18,22-23H,1H3,(H,27,28)/t15?,18-/m1/s1. The summed E-state index contributed by atoms with van der Waals surface area (Å²) in [6.07, 6.45) is 0.876. The largest absolute Gasteiger partial charge is 0.465 e. The lowest BCUT2D eigenvalue weighted by molar-refractivity contribution is -0.109. The second-order valence-corrected chi connectivity index (χ2v) is 6.44. The van der Waals surface area contributed by atoms with Gasteiger partial charge < -0.3 is 20.5 Å². The Bertz CT molecular complexity index is 977. The van der Waals surface area contributed by atoms with E-state index in [9.17, 15) is 9.59 Å². The lowest BCUT2D eigenvalue weighted by Crippen LogP contribution is -2.42. The van der Waals surface area contributed by atoms with Crippen LogP contribution in [0.4, 0.5) is 10.6 Å². The third-order valence-electron chi connectivity index (χ3n) is 4.16. The number of carbonyl (C=O) groups is 2. The third-order valence-corrected chi connectivity index (χ3v) is 4.37. The minimum atomic E-state index is -1.28. The molecule has 3 rings (SSSR count). The predicted molar refractivity (Wildman–Crippen MR) is 105 cm³/mol. The number of aldehydes is 1. The number of nitrogens with one attached hydrogen (secondary N) is 2. The maximum Gasteiger partial charge on any atom is 0.405 e. The summed E-state index contributed by atoms with van der Waals surface area (Å²) in [7, 11) is 1.75. The van der Waals surface area contributed by atoms with E-state index in [1.165, 1.54) is 0 Å². The molecule has 0 fully saturated rings. The summed E-state index contributed by atoms with van der Waals surface area (Å²) < 4.78 is 1.61. The summed E-state index contributed by atoms with van der Waals surface area (Å²) in [5.74, 6) is 0.607. The number of carboxylic acid groups (broad SMARTS) is 1. The molecule has 28 heavy (non-hydrogen) atoms. The number of hydrogen-bond donors (Lipinski definition) is 3. The molecule has 1 aromatic carbocycles. The van der Waals surface area contributed by atoms with Gasteiger partial charge in [-0.3, -0.25) is 4.68 Å². The average molecular weight is 400 g/mol. The van der Waals surface area contributed by atoms with Crippen LogP contribution in [-0.2, 0) is 11.8 Å². The van der Waals surface area contributed by atoms with Gasteiger partial charge in [-0.15, -0.1) is 0 Å². The van der Waals surface area contributed by atoms with Gasteiger partial charge in [-0.2, -0.15) is 5.10 Å². The predicted octanol–water partition coefficient (Wildman–Crippen LogP) is 3.12. The first kappa shape index (κ1) is 19.4. The Hall–Kier alpha value is -3.39. The van der Waals surface area contributed by atoms with Crippen LogP contribution in [0.15, 0.2) is 54.7 Å². The summed E-state index contributed by atoms with van der Waals surface area (Å²) in [4.78, 5) is 26.7. The van der Waals surface area contributed by atoms with Gasteiger partial charge in [0, 0.05) is 24.9 Å². The van der Waals surface area contributed by atoms with E-state index in [1.807, 2.05) is 30.3 Å². The molecule has 0 radical (unpaired) electrons. The van der Waals surface area contributed by atoms with Crippen molar-refractivity contribution in [2.45, 2.75) is 12.1 Å². The summed E-state index contributed by atoms with van der Waals surface area (Å²) in [6.45, 7) is 0. The topological polar surface area (TPSA) is 109 Å². The first-order valence-corrected chi connectivity index (χ1v) is 8.78. The summed E-state index contributed by atoms with van der Waals surface area (Å²) >= 11 is 5.95. The van der Waals surface area contributed by atoms with Crippen LogP contribution in [0.2, 0.25) is 5.15 Å². The van der Waals surface area contributed by atoms with Gasteiger partial charge in [-0.1, -0.05) is 41.9 Å². The minimum absolute atomic E-state index is 0.353. The normalized spacial score (nSPS) is 12.8. The van der Waals surface area contributed by atoms with Crippen molar-refractivity contribution in [1.82, 2.24) is 20.1 Å². The Labute approximate surface area is 166 Å². The number of amides is 1. The van der Waals surface area contributed by atoms with E-state index < -0.39 is 18.2 Å². The van der Waals surface area contributed by atoms with Gasteiger partial charge in [0.05, 0.1) is 11.7 Å². The van der Waals surface area contributed by atoms with Gasteiger partial charge in [0.2, 0.25) is 0 Å². The highest BCUT2D eigenvalue weighted by Crippen LogP contribution is 2.27. The lowest BCUT2D eigenvalue weighted by Gasteiger charge is -2.25. The number of benzene rings is 1. The molecule has 0 aliphatic rings. The molecular formula is C19H18ClN5O3. The van der Waals surface area contributed by atoms with Crippen LogP contribution in [0, 0.1) is 0 Å². The second kappa shape index (κ2) is 8.53. The molecule has 1 amide bonds. The van der Waals surface area contributed by atoms with Gasteiger partial charge in [0.25, 0.3) is 0 Å². The molecule has 2 atom stereocenters. The maximum atomic E-state index is 11.6. The molecule has 0 spiro atoms. The van der Waals surface area contributed by atoms with Crippen LogP contribution >= 0.6 is 11.6 Å². The zero-order valence-corrected chi connectivity index (χ0v) is 15.7. The van der Waals surface area contributed by atoms with Gasteiger partial charge in [-0.25, -0.2) is 9.78 Å². The number of pyridine rings is 1. The number of aromatic nitrogens is 3. The Morgan fingerprint density at radius 3 is 2.64 bits per heavy atom. The van der Waals surface area contributed by atoms with Crippen molar-refractivity contribution in [2.75, 3.05) is 5.32 Å². The molecular weight excluding hydrogens is 382 g/mol. The zero-order chi connectivity index (χ0) is 20.1. The van der Waals surface area contributed by atoms with Crippen molar-refractivity contribution in [3.05, 3.63) is 65.4 Å². The highest BCUT2D eigenvalue weighted by molar-refractivity contribution is 6.29. The van der Waals surface area contributed by atoms with Crippen molar-refractivity contribution in [2.24, 2.45) is 7.05 Å². The van der Waals surface area contributed by atoms with Crippen molar-refractivity contribution in [3.63, 3.8) is 0 Å². The number of hydrogen-bond acceptors (Lipinski definition) is 5. The Morgan fingerprint density at radius 2 is 2.00 bits per heavy atom. The smallest absolute Gasteiger partial charge is 0.405 e. The summed E-state index contributed by atoms with van der Waals surface area (Å²) in [6, 6.07) is 12.8. The van der Waals surface area contributed by atoms with E-state index in [0.717, 1.165) is 11.1 Å². The molecule has 0 aliphatic heterocycles. The van der Waals surface area contributed by atoms with Crippen LogP contribution in [0.3, 0.4) is 0 Å². The average Bonchev–Trinajstić information content (AvgIpc) is 3.05. The fourth-order valence-corrected chi connectivity index (χ4v) is 3.02. The van der Waals surface area contributed by atoms with Crippen molar-refractivity contribution >= 4 is 29.8 Å². The number of carbonyl (C=O) groups excluding carboxylic acids is 1. The number of halogens is 1. The summed E-state index contributed by atoms with van der Waals surface area (Å²) in [5.41, 5.74) is 2.20. The molecule has 0 saturated heterocycles. The van der Waals surface area contributed by atoms with Crippen LogP contribution < -0.4 is 10.6 Å². The first-order valence-electron chi connectivity index (χ1n) is 8.40. The summed E-state index contributed by atoms with van der Waals surface area (Å²) in [5, 5.41) is 19.4. The van der Waals surface area contributed by atoms with E-state index in [0.29, 0.717) is 23.0 Å². The minimum Gasteiger partial charge on any atom is -0.465 e. The molecule has 1 unspecified atom stereocenters. The molecule has 2 aromatic heterocycles. The number of rotatable bonds is 7. The van der Waals surface area contributed by atoms with Gasteiger partial charge >= 0.3 is 6.09 Å². The molecule has 0 aliphatic carbocycles. The quantitative estimate of drug-likeness (QED) is 0.416. The fourth-order valence-electron chi connectivity index (χ4n) is 2.84. The molecule has 2 heterocycles. The van der Waals surface area contributed by atoms with Gasteiger partial charge in [-0.05, 0) is 17.7 Å². The Kier molecular flexibility index (Phi) is 5.90. The van der Waals surface area contributed by atoms with E-state index in [-0.39, 0.29) is 0 Å². The number of nitrogens with zero attached hydrogens (tertiary/aromatic N) is 3. The van der Waals surface area contributed by atoms with E-state index in [2.05, 4.69) is 20.7 Å². The Balaban J connectivity index is 1.94. The highest BCUT2D eigenvalue weighted by atomic mass is 35.5. The van der Waals surface area contributed by atoms with E-state index in [4.69, 9.17) is 16.7 Å². The molecule has 3 N–H and O–H groups in total. The molecule has 0 bridgehead atoms. The molecule has 0 saturated carbocycles. The fraction of sp³-hybridized carbons (Fsp3) is 0.158. The van der Waals surface area contributed by atoms with Crippen LogP contribution in [-0.4, -0.2) is 38.3 Å². The first-order chi connectivity index (χ1) is 13.5. The number of anilines is 1. The van der Waals surface area contributed by atoms with E-state index in [1.54, 1.807) is 36.1 Å². The monoisotopic (exact) mass is 399 g/mol. The highest BCUT2D eigenvalue weighted by Gasteiger charge is 2.25. The number of aryl methyl sites for hydroxylation is 1. The van der Waals surface area contributed by atoms with Gasteiger partial charge in [0.1, 0.15) is 23.3 Å². The third kappa shape index (κ3) is 4.47. The van der Waals surface area contributed by atoms with Gasteiger partial charge in [0.15, 0.2) is 0 Å². The van der Waals surface area contributed by atoms with Crippen LogP contribution in [0.5, 0.6) is 0 Å². The lowest BCUT2D eigenvalue weighted by atomic mass is 10.00.